The van der Waals surface area contributed by atoms with Crippen LogP contribution >= 0.6 is 0 Å². The van der Waals surface area contributed by atoms with Crippen molar-refractivity contribution in [2.45, 2.75) is 50.5 Å². The zero-order valence-corrected chi connectivity index (χ0v) is 15.7. The minimum atomic E-state index is -0.192. The second-order valence-electron chi connectivity index (χ2n) is 7.71. The largest absolute Gasteiger partial charge is 0.334 e. The molecule has 1 aliphatic heterocycles. The maximum Gasteiger partial charge on any atom is 0.241 e. The predicted molar refractivity (Wildman–Crippen MR) is 106 cm³/mol. The molecule has 3 aromatic rings. The summed E-state index contributed by atoms with van der Waals surface area (Å²) in [7, 11) is 0. The predicted octanol–water partition coefficient (Wildman–Crippen LogP) is 1.86. The molecule has 1 aromatic carbocycles. The van der Waals surface area contributed by atoms with Crippen molar-refractivity contribution in [3.8, 4) is 0 Å². The number of hydrazine groups is 1. The molecule has 0 radical (unpaired) electrons. The Morgan fingerprint density at radius 3 is 2.79 bits per heavy atom. The smallest absolute Gasteiger partial charge is 0.241 e. The van der Waals surface area contributed by atoms with E-state index in [1.165, 1.54) is 0 Å². The van der Waals surface area contributed by atoms with E-state index in [0.717, 1.165) is 42.4 Å². The summed E-state index contributed by atoms with van der Waals surface area (Å²) >= 11 is 0. The fourth-order valence-electron chi connectivity index (χ4n) is 3.95. The highest BCUT2D eigenvalue weighted by atomic mass is 16.2. The number of benzene rings is 1. The molecule has 7 heteroatoms. The second kappa shape index (κ2) is 7.33. The van der Waals surface area contributed by atoms with Gasteiger partial charge in [-0.25, -0.2) is 10.4 Å². The van der Waals surface area contributed by atoms with Crippen LogP contribution < -0.4 is 10.9 Å². The van der Waals surface area contributed by atoms with Gasteiger partial charge in [-0.2, -0.15) is 0 Å². The first-order valence-corrected chi connectivity index (χ1v) is 9.88. The highest BCUT2D eigenvalue weighted by molar-refractivity contribution is 5.83. The Labute approximate surface area is 163 Å². The number of carbonyl (C=O) groups excluding carboxylic acids is 1. The maximum atomic E-state index is 13.2. The van der Waals surface area contributed by atoms with E-state index < -0.39 is 0 Å². The van der Waals surface area contributed by atoms with Gasteiger partial charge >= 0.3 is 0 Å². The minimum absolute atomic E-state index is 0.185. The maximum absolute atomic E-state index is 13.2. The molecule has 2 atom stereocenters. The zero-order chi connectivity index (χ0) is 18.9. The van der Waals surface area contributed by atoms with Crippen molar-refractivity contribution in [2.75, 3.05) is 0 Å². The van der Waals surface area contributed by atoms with Gasteiger partial charge in [0.05, 0.1) is 17.4 Å². The average molecular weight is 376 g/mol. The molecule has 0 spiro atoms. The third kappa shape index (κ3) is 3.50. The van der Waals surface area contributed by atoms with Crippen LogP contribution in [0.25, 0.3) is 11.0 Å². The number of imidazole rings is 1. The molecule has 2 fully saturated rings. The number of carbonyl (C=O) groups is 1. The van der Waals surface area contributed by atoms with Crippen molar-refractivity contribution < 1.29 is 4.79 Å². The van der Waals surface area contributed by atoms with E-state index in [-0.39, 0.29) is 18.0 Å². The van der Waals surface area contributed by atoms with Crippen LogP contribution in [0.1, 0.15) is 24.8 Å². The van der Waals surface area contributed by atoms with E-state index in [1.54, 1.807) is 12.4 Å². The van der Waals surface area contributed by atoms with Gasteiger partial charge < -0.3 is 9.47 Å². The number of fused-ring (bicyclic) bond motifs is 1. The molecule has 5 rings (SSSR count). The van der Waals surface area contributed by atoms with Crippen LogP contribution in [-0.2, 0) is 17.9 Å². The molecule has 2 aromatic heterocycles. The molecule has 2 unspecified atom stereocenters. The number of hydrogen-bond donors (Lipinski definition) is 2. The minimum Gasteiger partial charge on any atom is -0.334 e. The topological polar surface area (TPSA) is 75.1 Å². The molecule has 144 valence electrons. The van der Waals surface area contributed by atoms with Gasteiger partial charge in [0.2, 0.25) is 5.91 Å². The first-order valence-electron chi connectivity index (χ1n) is 9.88. The molecule has 1 saturated carbocycles. The number of aromatic nitrogens is 3. The summed E-state index contributed by atoms with van der Waals surface area (Å²) < 4.78 is 2.15. The second-order valence-corrected chi connectivity index (χ2v) is 7.71. The number of pyridine rings is 1. The molecule has 1 amide bonds. The van der Waals surface area contributed by atoms with E-state index in [2.05, 4.69) is 31.5 Å². The number of nitrogens with zero attached hydrogens (tertiary/aromatic N) is 4. The summed E-state index contributed by atoms with van der Waals surface area (Å²) in [5.41, 5.74) is 9.79. The van der Waals surface area contributed by atoms with Crippen molar-refractivity contribution in [1.29, 1.82) is 0 Å². The Morgan fingerprint density at radius 2 is 1.96 bits per heavy atom. The Kier molecular flexibility index (Phi) is 4.54. The number of para-hydroxylation sites is 2. The van der Waals surface area contributed by atoms with Crippen molar-refractivity contribution in [3.63, 3.8) is 0 Å². The SMILES string of the molecule is O=C(C1CC(Cn2cnc3ccccc32)NN1)N(Cc1ccncc1)C1CC1. The van der Waals surface area contributed by atoms with Crippen molar-refractivity contribution >= 4 is 16.9 Å². The fraction of sp³-hybridized carbons (Fsp3) is 0.381. The van der Waals surface area contributed by atoms with E-state index in [9.17, 15) is 4.79 Å². The molecule has 1 saturated heterocycles. The fourth-order valence-corrected chi connectivity index (χ4v) is 3.95. The molecule has 7 nitrogen and oxygen atoms in total. The Balaban J connectivity index is 1.25. The van der Waals surface area contributed by atoms with E-state index >= 15 is 0 Å². The Bertz CT molecular complexity index is 967. The van der Waals surface area contributed by atoms with Crippen LogP contribution in [0.15, 0.2) is 55.1 Å². The van der Waals surface area contributed by atoms with Crippen molar-refractivity contribution in [3.05, 3.63) is 60.7 Å². The summed E-state index contributed by atoms with van der Waals surface area (Å²) in [5.74, 6) is 0.185. The molecule has 1 aliphatic carbocycles. The number of amides is 1. The molecule has 0 bridgehead atoms. The van der Waals surface area contributed by atoms with Gasteiger partial charge in [-0.15, -0.1) is 0 Å². The lowest BCUT2D eigenvalue weighted by Crippen LogP contribution is -2.46. The lowest BCUT2D eigenvalue weighted by Gasteiger charge is -2.25. The summed E-state index contributed by atoms with van der Waals surface area (Å²) in [6.07, 6.45) is 8.41. The van der Waals surface area contributed by atoms with E-state index in [1.807, 2.05) is 41.6 Å². The van der Waals surface area contributed by atoms with Crippen molar-refractivity contribution in [1.82, 2.24) is 30.3 Å². The van der Waals surface area contributed by atoms with Gasteiger partial charge in [0, 0.05) is 37.6 Å². The van der Waals surface area contributed by atoms with Gasteiger partial charge in [0.25, 0.3) is 0 Å². The van der Waals surface area contributed by atoms with E-state index in [0.29, 0.717) is 12.6 Å². The standard InChI is InChI=1S/C21H24N6O/c28-21(27(17-5-6-17)12-15-7-9-22-10-8-15)19-11-16(24-25-19)13-26-14-23-18-3-1-2-4-20(18)26/h1-4,7-10,14,16-17,19,24-25H,5-6,11-13H2. The average Bonchev–Trinajstić information content (AvgIpc) is 3.34. The van der Waals surface area contributed by atoms with Crippen LogP contribution in [0.2, 0.25) is 0 Å². The third-order valence-electron chi connectivity index (χ3n) is 5.60. The molecule has 2 N–H and O–H groups in total. The number of nitrogens with one attached hydrogen (secondary N) is 2. The molecule has 3 heterocycles. The summed E-state index contributed by atoms with van der Waals surface area (Å²) in [5, 5.41) is 0. The Hall–Kier alpha value is -2.77. The number of rotatable bonds is 6. The van der Waals surface area contributed by atoms with E-state index in [4.69, 9.17) is 0 Å². The highest BCUT2D eigenvalue weighted by Crippen LogP contribution is 2.29. The van der Waals surface area contributed by atoms with Crippen LogP contribution in [-0.4, -0.2) is 43.5 Å². The summed E-state index contributed by atoms with van der Waals surface area (Å²) in [4.78, 5) is 23.7. The Morgan fingerprint density at radius 1 is 1.14 bits per heavy atom. The zero-order valence-electron chi connectivity index (χ0n) is 15.7. The van der Waals surface area contributed by atoms with Gasteiger partial charge in [-0.05, 0) is 49.1 Å². The first-order chi connectivity index (χ1) is 13.8. The lowest BCUT2D eigenvalue weighted by atomic mass is 10.1. The van der Waals surface area contributed by atoms with Gasteiger partial charge in [-0.3, -0.25) is 15.2 Å². The monoisotopic (exact) mass is 376 g/mol. The molecular formula is C21H24N6O. The first kappa shape index (κ1) is 17.3. The van der Waals surface area contributed by atoms with Crippen LogP contribution in [0.4, 0.5) is 0 Å². The molecule has 28 heavy (non-hydrogen) atoms. The lowest BCUT2D eigenvalue weighted by molar-refractivity contribution is -0.134. The van der Waals surface area contributed by atoms with Crippen LogP contribution in [0.5, 0.6) is 0 Å². The molecule has 2 aliphatic rings. The summed E-state index contributed by atoms with van der Waals surface area (Å²) in [6, 6.07) is 12.5. The van der Waals surface area contributed by atoms with Crippen LogP contribution in [0.3, 0.4) is 0 Å². The van der Waals surface area contributed by atoms with Crippen LogP contribution in [0, 0.1) is 0 Å². The van der Waals surface area contributed by atoms with Gasteiger partial charge in [0.15, 0.2) is 0 Å². The molecular weight excluding hydrogens is 352 g/mol. The normalized spacial score (nSPS) is 21.9. The van der Waals surface area contributed by atoms with Gasteiger partial charge in [0.1, 0.15) is 6.04 Å². The van der Waals surface area contributed by atoms with Crippen molar-refractivity contribution in [2.24, 2.45) is 0 Å². The quantitative estimate of drug-likeness (QED) is 0.687. The van der Waals surface area contributed by atoms with Gasteiger partial charge in [-0.1, -0.05) is 12.1 Å². The summed E-state index contributed by atoms with van der Waals surface area (Å²) in [6.45, 7) is 1.44. The number of hydrogen-bond acceptors (Lipinski definition) is 5. The highest BCUT2D eigenvalue weighted by Gasteiger charge is 2.38. The third-order valence-corrected chi connectivity index (χ3v) is 5.60.